The predicted molar refractivity (Wildman–Crippen MR) is 81.7 cm³/mol. The SMILES string of the molecule is N#CC1(Nc2cccc(Cl)c2)CCCc2ccccc21. The van der Waals surface area contributed by atoms with Gasteiger partial charge in [-0.05, 0) is 48.6 Å². The van der Waals surface area contributed by atoms with E-state index in [2.05, 4.69) is 23.5 Å². The van der Waals surface area contributed by atoms with Crippen LogP contribution in [-0.4, -0.2) is 0 Å². The Kier molecular flexibility index (Phi) is 3.38. The van der Waals surface area contributed by atoms with E-state index in [1.54, 1.807) is 0 Å². The molecule has 1 aliphatic carbocycles. The molecule has 100 valence electrons. The summed E-state index contributed by atoms with van der Waals surface area (Å²) >= 11 is 6.03. The number of nitrogens with one attached hydrogen (secondary N) is 1. The summed E-state index contributed by atoms with van der Waals surface area (Å²) in [6, 6.07) is 18.2. The number of anilines is 1. The molecule has 0 aliphatic heterocycles. The second-order valence-electron chi connectivity index (χ2n) is 5.16. The number of nitrogens with zero attached hydrogens (tertiary/aromatic N) is 1. The maximum absolute atomic E-state index is 9.77. The van der Waals surface area contributed by atoms with Crippen LogP contribution in [0.3, 0.4) is 0 Å². The van der Waals surface area contributed by atoms with Crippen molar-refractivity contribution in [3.8, 4) is 6.07 Å². The molecule has 3 rings (SSSR count). The molecule has 2 aromatic carbocycles. The summed E-state index contributed by atoms with van der Waals surface area (Å²) in [5, 5.41) is 13.8. The van der Waals surface area contributed by atoms with Gasteiger partial charge in [-0.15, -0.1) is 0 Å². The Hall–Kier alpha value is -1.98. The van der Waals surface area contributed by atoms with Crippen molar-refractivity contribution in [1.82, 2.24) is 0 Å². The summed E-state index contributed by atoms with van der Waals surface area (Å²) in [7, 11) is 0. The van der Waals surface area contributed by atoms with Crippen molar-refractivity contribution in [2.24, 2.45) is 0 Å². The van der Waals surface area contributed by atoms with E-state index in [4.69, 9.17) is 11.6 Å². The summed E-state index contributed by atoms with van der Waals surface area (Å²) in [4.78, 5) is 0. The van der Waals surface area contributed by atoms with Crippen LogP contribution in [0, 0.1) is 11.3 Å². The molecule has 1 aliphatic rings. The highest BCUT2D eigenvalue weighted by Gasteiger charge is 2.36. The van der Waals surface area contributed by atoms with Gasteiger partial charge in [-0.3, -0.25) is 0 Å². The molecule has 1 N–H and O–H groups in total. The van der Waals surface area contributed by atoms with Crippen LogP contribution < -0.4 is 5.32 Å². The monoisotopic (exact) mass is 282 g/mol. The lowest BCUT2D eigenvalue weighted by atomic mass is 9.77. The Bertz CT molecular complexity index is 675. The average Bonchev–Trinajstić information content (AvgIpc) is 2.47. The van der Waals surface area contributed by atoms with Crippen molar-refractivity contribution in [2.75, 3.05) is 5.32 Å². The smallest absolute Gasteiger partial charge is 0.151 e. The highest BCUT2D eigenvalue weighted by molar-refractivity contribution is 6.30. The van der Waals surface area contributed by atoms with Gasteiger partial charge < -0.3 is 5.32 Å². The summed E-state index contributed by atoms with van der Waals surface area (Å²) in [6.07, 6.45) is 2.86. The Balaban J connectivity index is 2.03. The number of hydrogen-bond donors (Lipinski definition) is 1. The van der Waals surface area contributed by atoms with E-state index in [9.17, 15) is 5.26 Å². The number of benzene rings is 2. The van der Waals surface area contributed by atoms with Gasteiger partial charge in [-0.2, -0.15) is 5.26 Å². The first-order valence-electron chi connectivity index (χ1n) is 6.77. The highest BCUT2D eigenvalue weighted by Crippen LogP contribution is 2.37. The van der Waals surface area contributed by atoms with Gasteiger partial charge in [0.15, 0.2) is 5.54 Å². The van der Waals surface area contributed by atoms with Crippen LogP contribution in [0.5, 0.6) is 0 Å². The van der Waals surface area contributed by atoms with Crippen LogP contribution in [0.1, 0.15) is 24.0 Å². The Morgan fingerprint density at radius 1 is 1.15 bits per heavy atom. The topological polar surface area (TPSA) is 35.8 Å². The zero-order valence-corrected chi connectivity index (χ0v) is 11.8. The van der Waals surface area contributed by atoms with Gasteiger partial charge in [0.1, 0.15) is 0 Å². The molecule has 0 fully saturated rings. The molecule has 0 amide bonds. The molecule has 0 aromatic heterocycles. The van der Waals surface area contributed by atoms with E-state index in [-0.39, 0.29) is 0 Å². The maximum atomic E-state index is 9.77. The molecule has 1 atom stereocenters. The molecule has 0 radical (unpaired) electrons. The number of aryl methyl sites for hydroxylation is 1. The zero-order valence-electron chi connectivity index (χ0n) is 11.1. The zero-order chi connectivity index (χ0) is 14.0. The van der Waals surface area contributed by atoms with E-state index < -0.39 is 5.54 Å². The quantitative estimate of drug-likeness (QED) is 0.880. The first-order chi connectivity index (χ1) is 9.73. The lowest BCUT2D eigenvalue weighted by Crippen LogP contribution is -2.37. The molecule has 2 nitrogen and oxygen atoms in total. The third-order valence-electron chi connectivity index (χ3n) is 3.85. The minimum Gasteiger partial charge on any atom is -0.364 e. The number of hydrogen-bond acceptors (Lipinski definition) is 2. The number of rotatable bonds is 2. The van der Waals surface area contributed by atoms with Gasteiger partial charge in [-0.25, -0.2) is 0 Å². The largest absolute Gasteiger partial charge is 0.364 e. The van der Waals surface area contributed by atoms with Gasteiger partial charge in [-0.1, -0.05) is 41.9 Å². The lowest BCUT2D eigenvalue weighted by Gasteiger charge is -2.35. The molecule has 20 heavy (non-hydrogen) atoms. The third-order valence-corrected chi connectivity index (χ3v) is 4.08. The van der Waals surface area contributed by atoms with Gasteiger partial charge in [0.2, 0.25) is 0 Å². The predicted octanol–water partition coefficient (Wildman–Crippen LogP) is 4.51. The van der Waals surface area contributed by atoms with Crippen molar-refractivity contribution in [3.05, 3.63) is 64.7 Å². The van der Waals surface area contributed by atoms with Crippen LogP contribution in [0.25, 0.3) is 0 Å². The standard InChI is InChI=1S/C17H15ClN2/c18-14-7-3-8-15(11-14)20-17(12-19)10-4-6-13-5-1-2-9-16(13)17/h1-3,5,7-9,11,20H,4,6,10H2. The number of fused-ring (bicyclic) bond motifs is 1. The molecule has 0 bridgehead atoms. The summed E-state index contributed by atoms with van der Waals surface area (Å²) < 4.78 is 0. The molecule has 0 saturated heterocycles. The van der Waals surface area contributed by atoms with Gasteiger partial charge >= 0.3 is 0 Å². The fourth-order valence-corrected chi connectivity index (χ4v) is 3.11. The molecule has 0 spiro atoms. The van der Waals surface area contributed by atoms with Gasteiger partial charge in [0.05, 0.1) is 6.07 Å². The molecule has 3 heteroatoms. The Morgan fingerprint density at radius 2 is 2.00 bits per heavy atom. The average molecular weight is 283 g/mol. The van der Waals surface area contributed by atoms with Crippen molar-refractivity contribution >= 4 is 17.3 Å². The first-order valence-corrected chi connectivity index (χ1v) is 7.15. The van der Waals surface area contributed by atoms with Crippen molar-refractivity contribution in [3.63, 3.8) is 0 Å². The van der Waals surface area contributed by atoms with E-state index in [0.29, 0.717) is 5.02 Å². The first kappa shape index (κ1) is 13.0. The summed E-state index contributed by atoms with van der Waals surface area (Å²) in [6.45, 7) is 0. The normalized spacial score (nSPS) is 20.8. The maximum Gasteiger partial charge on any atom is 0.151 e. The van der Waals surface area contributed by atoms with Crippen molar-refractivity contribution in [1.29, 1.82) is 5.26 Å². The van der Waals surface area contributed by atoms with Gasteiger partial charge in [0, 0.05) is 10.7 Å². The summed E-state index contributed by atoms with van der Waals surface area (Å²) in [5.41, 5.74) is 2.58. The molecule has 1 unspecified atom stereocenters. The van der Waals surface area contributed by atoms with Gasteiger partial charge in [0.25, 0.3) is 0 Å². The number of halogens is 1. The van der Waals surface area contributed by atoms with E-state index >= 15 is 0 Å². The van der Waals surface area contributed by atoms with E-state index in [1.807, 2.05) is 36.4 Å². The lowest BCUT2D eigenvalue weighted by molar-refractivity contribution is 0.505. The second-order valence-corrected chi connectivity index (χ2v) is 5.60. The third kappa shape index (κ3) is 2.26. The summed E-state index contributed by atoms with van der Waals surface area (Å²) in [5.74, 6) is 0. The Labute approximate surface area is 124 Å². The molecule has 0 saturated carbocycles. The van der Waals surface area contributed by atoms with Crippen LogP contribution in [0.2, 0.25) is 5.02 Å². The highest BCUT2D eigenvalue weighted by atomic mass is 35.5. The second kappa shape index (κ2) is 5.19. The van der Waals surface area contributed by atoms with E-state index in [1.165, 1.54) is 5.56 Å². The molecular weight excluding hydrogens is 268 g/mol. The molecular formula is C17H15ClN2. The fraction of sp³-hybridized carbons (Fsp3) is 0.235. The Morgan fingerprint density at radius 3 is 2.80 bits per heavy atom. The van der Waals surface area contributed by atoms with E-state index in [0.717, 1.165) is 30.5 Å². The molecule has 2 aromatic rings. The van der Waals surface area contributed by atoms with Crippen LogP contribution >= 0.6 is 11.6 Å². The molecule has 0 heterocycles. The minimum atomic E-state index is -0.653. The van der Waals surface area contributed by atoms with Crippen LogP contribution in [0.15, 0.2) is 48.5 Å². The van der Waals surface area contributed by atoms with Crippen LogP contribution in [0.4, 0.5) is 5.69 Å². The van der Waals surface area contributed by atoms with Crippen LogP contribution in [-0.2, 0) is 12.0 Å². The fourth-order valence-electron chi connectivity index (χ4n) is 2.92. The van der Waals surface area contributed by atoms with Crippen molar-refractivity contribution < 1.29 is 0 Å². The minimum absolute atomic E-state index is 0.653. The van der Waals surface area contributed by atoms with Crippen molar-refractivity contribution in [2.45, 2.75) is 24.8 Å². The number of nitriles is 1.